The van der Waals surface area contributed by atoms with Crippen LogP contribution < -0.4 is 0 Å². The number of aliphatic hydroxyl groups excluding tert-OH is 1. The van der Waals surface area contributed by atoms with E-state index in [4.69, 9.17) is 18.9 Å². The van der Waals surface area contributed by atoms with Gasteiger partial charge in [-0.3, -0.25) is 9.69 Å². The van der Waals surface area contributed by atoms with Crippen LogP contribution in [-0.4, -0.2) is 113 Å². The summed E-state index contributed by atoms with van der Waals surface area (Å²) in [4.78, 5) is 18.1. The molecule has 67 heavy (non-hydrogen) atoms. The van der Waals surface area contributed by atoms with Crippen molar-refractivity contribution in [2.75, 3.05) is 92.1 Å². The lowest BCUT2D eigenvalue weighted by Crippen LogP contribution is -2.47. The second-order valence-electron chi connectivity index (χ2n) is 24.2. The van der Waals surface area contributed by atoms with Gasteiger partial charge in [0.25, 0.3) is 0 Å². The summed E-state index contributed by atoms with van der Waals surface area (Å²) in [6.07, 6.45) is 27.1. The zero-order valence-electron chi connectivity index (χ0n) is 47.0. The number of hydrogen-bond acceptors (Lipinski definition) is 8. The summed E-state index contributed by atoms with van der Waals surface area (Å²) in [5, 5.41) is 9.36. The Morgan fingerprint density at radius 3 is 1.00 bits per heavy atom. The molecule has 0 aromatic heterocycles. The third-order valence-electron chi connectivity index (χ3n) is 15.2. The summed E-state index contributed by atoms with van der Waals surface area (Å²) < 4.78 is 26.0. The molecular formula is C59H118N2O6. The first kappa shape index (κ1) is 64.2. The van der Waals surface area contributed by atoms with E-state index in [9.17, 15) is 9.90 Å². The van der Waals surface area contributed by atoms with E-state index in [1.165, 1.54) is 116 Å². The number of nitrogens with zero attached hydrogens (tertiary/aromatic N) is 2. The van der Waals surface area contributed by atoms with Crippen molar-refractivity contribution in [1.29, 1.82) is 0 Å². The number of carbonyl (C=O) groups excluding carboxylic acids is 1. The van der Waals surface area contributed by atoms with E-state index in [1.807, 2.05) is 0 Å². The maximum absolute atomic E-state index is 13.5. The van der Waals surface area contributed by atoms with Crippen LogP contribution in [0.2, 0.25) is 0 Å². The van der Waals surface area contributed by atoms with Crippen LogP contribution in [0.5, 0.6) is 0 Å². The zero-order chi connectivity index (χ0) is 49.7. The molecular weight excluding hydrogens is 833 g/mol. The van der Waals surface area contributed by atoms with E-state index in [2.05, 4.69) is 92.9 Å². The number of piperazine rings is 1. The molecule has 0 amide bonds. The van der Waals surface area contributed by atoms with Crippen molar-refractivity contribution in [3.8, 4) is 0 Å². The van der Waals surface area contributed by atoms with Crippen LogP contribution in [0.15, 0.2) is 0 Å². The Morgan fingerprint density at radius 2 is 0.701 bits per heavy atom. The van der Waals surface area contributed by atoms with Crippen molar-refractivity contribution in [3.63, 3.8) is 0 Å². The second-order valence-corrected chi connectivity index (χ2v) is 24.2. The minimum Gasteiger partial charge on any atom is -0.465 e. The van der Waals surface area contributed by atoms with E-state index in [0.717, 1.165) is 87.5 Å². The molecule has 0 saturated carbocycles. The predicted octanol–water partition coefficient (Wildman–Crippen LogP) is 14.5. The highest BCUT2D eigenvalue weighted by molar-refractivity contribution is 5.69. The minimum atomic E-state index is -0.566. The van der Waals surface area contributed by atoms with Gasteiger partial charge in [-0.15, -0.1) is 0 Å². The van der Waals surface area contributed by atoms with Crippen molar-refractivity contribution in [1.82, 2.24) is 9.80 Å². The number of hydrogen-bond donors (Lipinski definition) is 1. The van der Waals surface area contributed by atoms with Gasteiger partial charge in [-0.1, -0.05) is 199 Å². The Labute approximate surface area is 418 Å². The molecule has 0 spiro atoms. The van der Waals surface area contributed by atoms with Gasteiger partial charge < -0.3 is 29.0 Å². The molecule has 1 saturated heterocycles. The Morgan fingerprint density at radius 1 is 0.418 bits per heavy atom. The molecule has 0 radical (unpaired) electrons. The molecule has 0 bridgehead atoms. The Hall–Kier alpha value is -0.770. The highest BCUT2D eigenvalue weighted by Crippen LogP contribution is 2.26. The van der Waals surface area contributed by atoms with Gasteiger partial charge in [-0.05, 0) is 72.5 Å². The molecule has 400 valence electrons. The maximum Gasteiger partial charge on any atom is 0.307 e. The molecule has 0 aromatic carbocycles. The first-order valence-electron chi connectivity index (χ1n) is 29.0. The van der Waals surface area contributed by atoms with E-state index >= 15 is 0 Å². The number of carbonyl (C=O) groups is 1. The fourth-order valence-corrected chi connectivity index (χ4v) is 9.84. The van der Waals surface area contributed by atoms with Gasteiger partial charge in [-0.25, -0.2) is 0 Å². The van der Waals surface area contributed by atoms with Crippen LogP contribution in [-0.2, 0) is 23.7 Å². The summed E-state index contributed by atoms with van der Waals surface area (Å²) in [5.41, 5.74) is -0.566. The molecule has 8 nitrogen and oxygen atoms in total. The second kappa shape index (κ2) is 40.8. The highest BCUT2D eigenvalue weighted by atomic mass is 16.5. The summed E-state index contributed by atoms with van der Waals surface area (Å²) in [5.74, 6) is 6.50. The van der Waals surface area contributed by atoms with Crippen molar-refractivity contribution in [2.45, 2.75) is 224 Å². The SMILES string of the molecule is CC(C)CCCC(C)CCCC(C)CCOCC(COCCC(C)CCCC(C)CCCC(C)C)(COCCC(C)CCCC(C)CCCC(C)C)COC(=O)CCN1CCN(CCO)CC1. The van der Waals surface area contributed by atoms with Gasteiger partial charge in [0.05, 0.1) is 38.3 Å². The monoisotopic (exact) mass is 951 g/mol. The fourth-order valence-electron chi connectivity index (χ4n) is 9.84. The van der Waals surface area contributed by atoms with E-state index in [0.29, 0.717) is 70.4 Å². The quantitative estimate of drug-likeness (QED) is 0.0477. The molecule has 6 unspecified atom stereocenters. The van der Waals surface area contributed by atoms with E-state index < -0.39 is 5.41 Å². The summed E-state index contributed by atoms with van der Waals surface area (Å²) in [7, 11) is 0. The third-order valence-corrected chi connectivity index (χ3v) is 15.2. The first-order chi connectivity index (χ1) is 32.0. The normalized spacial score (nSPS) is 17.8. The highest BCUT2D eigenvalue weighted by Gasteiger charge is 2.34. The molecule has 0 aromatic rings. The molecule has 1 fully saturated rings. The van der Waals surface area contributed by atoms with Crippen LogP contribution in [0.3, 0.4) is 0 Å². The average Bonchev–Trinajstić information content (AvgIpc) is 3.26. The fraction of sp³-hybridized carbons (Fsp3) is 0.983. The van der Waals surface area contributed by atoms with Crippen LogP contribution in [0, 0.1) is 58.7 Å². The predicted molar refractivity (Wildman–Crippen MR) is 287 cm³/mol. The van der Waals surface area contributed by atoms with Gasteiger partial charge in [0.2, 0.25) is 0 Å². The Bertz CT molecular complexity index is 1010. The minimum absolute atomic E-state index is 0.159. The Balaban J connectivity index is 2.93. The van der Waals surface area contributed by atoms with E-state index in [1.54, 1.807) is 0 Å². The molecule has 6 atom stereocenters. The summed E-state index contributed by atoms with van der Waals surface area (Å²) in [6, 6.07) is 0. The molecule has 1 N–H and O–H groups in total. The number of rotatable bonds is 46. The van der Waals surface area contributed by atoms with Gasteiger partial charge in [0.1, 0.15) is 6.61 Å². The van der Waals surface area contributed by atoms with Gasteiger partial charge in [0.15, 0.2) is 0 Å². The lowest BCUT2D eigenvalue weighted by molar-refractivity contribution is -0.156. The topological polar surface area (TPSA) is 80.7 Å². The number of ether oxygens (including phenoxy) is 4. The van der Waals surface area contributed by atoms with Crippen molar-refractivity contribution in [2.24, 2.45) is 58.7 Å². The van der Waals surface area contributed by atoms with Crippen molar-refractivity contribution in [3.05, 3.63) is 0 Å². The molecule has 0 aliphatic carbocycles. The lowest BCUT2D eigenvalue weighted by atomic mass is 9.91. The molecule has 1 aliphatic heterocycles. The number of β-amino-alcohol motifs (C(OH)–C–C–N with tert-alkyl or cyclic N) is 1. The molecule has 1 heterocycles. The van der Waals surface area contributed by atoms with Gasteiger partial charge in [-0.2, -0.15) is 0 Å². The van der Waals surface area contributed by atoms with Crippen LogP contribution in [0.25, 0.3) is 0 Å². The summed E-state index contributed by atoms with van der Waals surface area (Å²) >= 11 is 0. The largest absolute Gasteiger partial charge is 0.465 e. The molecule has 1 rings (SSSR count). The first-order valence-corrected chi connectivity index (χ1v) is 29.0. The average molecular weight is 952 g/mol. The smallest absolute Gasteiger partial charge is 0.307 e. The van der Waals surface area contributed by atoms with Gasteiger partial charge >= 0.3 is 5.97 Å². The van der Waals surface area contributed by atoms with Crippen molar-refractivity contribution >= 4 is 5.97 Å². The van der Waals surface area contributed by atoms with Gasteiger partial charge in [0, 0.05) is 59.1 Å². The molecule has 8 heteroatoms. The van der Waals surface area contributed by atoms with E-state index in [-0.39, 0.29) is 19.2 Å². The summed E-state index contributed by atoms with van der Waals surface area (Å²) in [6.45, 7) is 37.4. The Kier molecular flexibility index (Phi) is 39.1. The maximum atomic E-state index is 13.5. The number of esters is 1. The van der Waals surface area contributed by atoms with Crippen LogP contribution >= 0.6 is 0 Å². The van der Waals surface area contributed by atoms with Crippen LogP contribution in [0.1, 0.15) is 224 Å². The zero-order valence-corrected chi connectivity index (χ0v) is 47.0. The lowest BCUT2D eigenvalue weighted by Gasteiger charge is -2.34. The van der Waals surface area contributed by atoms with Crippen molar-refractivity contribution < 1.29 is 28.8 Å². The van der Waals surface area contributed by atoms with Crippen LogP contribution in [0.4, 0.5) is 0 Å². The standard InChI is InChI=1S/C59H118N2O6/c1-49(2)19-13-22-52(7)25-16-28-55(10)32-42-64-45-59(48-67-58(63)31-35-60-36-38-61(39-37-60)40-41-62,46-65-43-33-56(11)29-17-26-53(8)23-14-20-50(3)4)47-66-44-34-57(12)30-18-27-54(9)24-15-21-51(5)6/h49-57,62H,13-48H2,1-12H3. The molecule has 1 aliphatic rings. The third kappa shape index (κ3) is 37.6. The number of aliphatic hydroxyl groups is 1.